The van der Waals surface area contributed by atoms with Gasteiger partial charge in [-0.1, -0.05) is 0 Å². The number of imidazole rings is 1. The predicted octanol–water partition coefficient (Wildman–Crippen LogP) is 0.743. The average molecular weight is 297 g/mol. The topological polar surface area (TPSA) is 42.1 Å². The Kier molecular flexibility index (Phi) is 3.60. The number of likely N-dealkylation sites (N-methyl/N-ethyl adjacent to an activating group) is 1. The largest absolute Gasteiger partial charge is 0.307 e. The fourth-order valence-corrected chi connectivity index (χ4v) is 3.01. The van der Waals surface area contributed by atoms with Gasteiger partial charge in [-0.15, -0.1) is 11.6 Å². The van der Waals surface area contributed by atoms with E-state index in [0.717, 1.165) is 55.3 Å². The van der Waals surface area contributed by atoms with E-state index in [1.165, 1.54) is 0 Å². The fourth-order valence-electron chi connectivity index (χ4n) is 2.84. The molecule has 1 aliphatic heterocycles. The molecule has 2 aromatic rings. The van der Waals surface area contributed by atoms with E-state index in [1.54, 1.807) is 0 Å². The zero-order valence-corrected chi connectivity index (χ0v) is 13.1. The lowest BCUT2D eigenvalue weighted by Crippen LogP contribution is -2.50. The summed E-state index contributed by atoms with van der Waals surface area (Å²) in [6, 6.07) is 0. The molecule has 20 heavy (non-hydrogen) atoms. The minimum Gasteiger partial charge on any atom is -0.307 e. The van der Waals surface area contributed by atoms with Gasteiger partial charge in [-0.3, -0.25) is 0 Å². The number of fused-ring (bicyclic) bond motifs is 1. The Morgan fingerprint density at radius 1 is 1.15 bits per heavy atom. The molecule has 0 bridgehead atoms. The van der Waals surface area contributed by atoms with Crippen molar-refractivity contribution in [1.82, 2.24) is 24.3 Å². The van der Waals surface area contributed by atoms with E-state index in [2.05, 4.69) is 26.7 Å². The maximum absolute atomic E-state index is 5.94. The molecule has 3 rings (SSSR count). The molecule has 1 fully saturated rings. The SMILES string of the molecule is Cc1nn(C)c2c1nc(CCCl)n2N1CCN(C)CC1. The van der Waals surface area contributed by atoms with Crippen molar-refractivity contribution in [3.63, 3.8) is 0 Å². The normalized spacial score (nSPS) is 17.3. The van der Waals surface area contributed by atoms with Crippen LogP contribution in [0.5, 0.6) is 0 Å². The number of halogens is 1. The van der Waals surface area contributed by atoms with Crippen LogP contribution in [-0.2, 0) is 13.5 Å². The minimum atomic E-state index is 0.587. The van der Waals surface area contributed by atoms with E-state index in [-0.39, 0.29) is 0 Å². The summed E-state index contributed by atoms with van der Waals surface area (Å²) in [6.07, 6.45) is 0.780. The quantitative estimate of drug-likeness (QED) is 0.784. The first kappa shape index (κ1) is 13.7. The summed E-state index contributed by atoms with van der Waals surface area (Å²) in [5, 5.41) is 6.84. The summed E-state index contributed by atoms with van der Waals surface area (Å²) in [5.74, 6) is 1.62. The second-order valence-electron chi connectivity index (χ2n) is 5.42. The number of aryl methyl sites for hydroxylation is 3. The maximum Gasteiger partial charge on any atom is 0.177 e. The number of alkyl halides is 1. The third kappa shape index (κ3) is 2.16. The second-order valence-corrected chi connectivity index (χ2v) is 5.79. The van der Waals surface area contributed by atoms with Gasteiger partial charge in [0.15, 0.2) is 5.65 Å². The molecule has 0 aromatic carbocycles. The van der Waals surface area contributed by atoms with E-state index in [1.807, 2.05) is 18.7 Å². The van der Waals surface area contributed by atoms with Gasteiger partial charge in [0.2, 0.25) is 0 Å². The minimum absolute atomic E-state index is 0.587. The van der Waals surface area contributed by atoms with Gasteiger partial charge < -0.3 is 9.91 Å². The lowest BCUT2D eigenvalue weighted by Gasteiger charge is -2.35. The molecule has 110 valence electrons. The molecular weight excluding hydrogens is 276 g/mol. The Labute approximate surface area is 123 Å². The van der Waals surface area contributed by atoms with E-state index in [9.17, 15) is 0 Å². The predicted molar refractivity (Wildman–Crippen MR) is 81.1 cm³/mol. The first-order valence-electron chi connectivity index (χ1n) is 7.02. The number of nitrogens with zero attached hydrogens (tertiary/aromatic N) is 6. The van der Waals surface area contributed by atoms with Crippen molar-refractivity contribution in [3.05, 3.63) is 11.5 Å². The van der Waals surface area contributed by atoms with Crippen LogP contribution in [0.4, 0.5) is 0 Å². The molecule has 0 amide bonds. The molecule has 2 aromatic heterocycles. The lowest BCUT2D eigenvalue weighted by molar-refractivity contribution is 0.287. The van der Waals surface area contributed by atoms with Gasteiger partial charge in [0.1, 0.15) is 11.3 Å². The van der Waals surface area contributed by atoms with Crippen molar-refractivity contribution in [2.24, 2.45) is 7.05 Å². The Hall–Kier alpha value is -1.27. The van der Waals surface area contributed by atoms with Gasteiger partial charge >= 0.3 is 0 Å². The Bertz CT molecular complexity index is 608. The van der Waals surface area contributed by atoms with E-state index >= 15 is 0 Å². The summed E-state index contributed by atoms with van der Waals surface area (Å²) >= 11 is 5.94. The van der Waals surface area contributed by atoms with Gasteiger partial charge in [0, 0.05) is 45.5 Å². The average Bonchev–Trinajstić information content (AvgIpc) is 2.91. The van der Waals surface area contributed by atoms with Crippen molar-refractivity contribution >= 4 is 22.8 Å². The van der Waals surface area contributed by atoms with Gasteiger partial charge in [0.05, 0.1) is 5.69 Å². The van der Waals surface area contributed by atoms with Crippen LogP contribution in [0.3, 0.4) is 0 Å². The highest BCUT2D eigenvalue weighted by molar-refractivity contribution is 6.17. The zero-order valence-electron chi connectivity index (χ0n) is 12.3. The number of hydrogen-bond acceptors (Lipinski definition) is 4. The van der Waals surface area contributed by atoms with Gasteiger partial charge in [-0.25, -0.2) is 14.3 Å². The van der Waals surface area contributed by atoms with E-state index in [4.69, 9.17) is 16.6 Å². The molecule has 0 radical (unpaired) electrons. The third-order valence-electron chi connectivity index (χ3n) is 3.93. The first-order valence-corrected chi connectivity index (χ1v) is 7.56. The molecule has 0 unspecified atom stereocenters. The highest BCUT2D eigenvalue weighted by Gasteiger charge is 2.23. The lowest BCUT2D eigenvalue weighted by atomic mass is 10.4. The molecule has 0 spiro atoms. The van der Waals surface area contributed by atoms with Gasteiger partial charge in [-0.05, 0) is 14.0 Å². The first-order chi connectivity index (χ1) is 9.61. The fraction of sp³-hybridized carbons (Fsp3) is 0.692. The van der Waals surface area contributed by atoms with Gasteiger partial charge in [-0.2, -0.15) is 5.10 Å². The molecule has 1 aliphatic rings. The van der Waals surface area contributed by atoms with Crippen LogP contribution >= 0.6 is 11.6 Å². The van der Waals surface area contributed by atoms with Crippen molar-refractivity contribution in [1.29, 1.82) is 0 Å². The van der Waals surface area contributed by atoms with Crippen molar-refractivity contribution < 1.29 is 0 Å². The van der Waals surface area contributed by atoms with Crippen molar-refractivity contribution in [2.45, 2.75) is 13.3 Å². The molecule has 7 heteroatoms. The van der Waals surface area contributed by atoms with E-state index in [0.29, 0.717) is 5.88 Å². The summed E-state index contributed by atoms with van der Waals surface area (Å²) in [4.78, 5) is 7.10. The molecule has 0 N–H and O–H groups in total. The van der Waals surface area contributed by atoms with Crippen LogP contribution < -0.4 is 5.01 Å². The van der Waals surface area contributed by atoms with Crippen LogP contribution in [0.2, 0.25) is 0 Å². The molecule has 0 aliphatic carbocycles. The molecule has 0 saturated carbocycles. The summed E-state index contributed by atoms with van der Waals surface area (Å²) in [7, 11) is 4.14. The second kappa shape index (κ2) is 5.26. The molecular formula is C13H21ClN6. The Morgan fingerprint density at radius 2 is 1.85 bits per heavy atom. The van der Waals surface area contributed by atoms with Crippen molar-refractivity contribution in [2.75, 3.05) is 44.1 Å². The summed E-state index contributed by atoms with van der Waals surface area (Å²) < 4.78 is 4.15. The van der Waals surface area contributed by atoms with Crippen LogP contribution in [-0.4, -0.2) is 63.4 Å². The monoisotopic (exact) mass is 296 g/mol. The van der Waals surface area contributed by atoms with Crippen LogP contribution in [0, 0.1) is 6.92 Å². The Balaban J connectivity index is 2.08. The maximum atomic E-state index is 5.94. The van der Waals surface area contributed by atoms with Gasteiger partial charge in [0.25, 0.3) is 0 Å². The van der Waals surface area contributed by atoms with Crippen LogP contribution in [0.15, 0.2) is 0 Å². The number of rotatable bonds is 3. The third-order valence-corrected chi connectivity index (χ3v) is 4.12. The van der Waals surface area contributed by atoms with E-state index < -0.39 is 0 Å². The number of piperazine rings is 1. The standard InChI is InChI=1S/C13H21ClN6/c1-10-12-13(18(3)16-10)20(11(15-12)4-5-14)19-8-6-17(2)7-9-19/h4-9H2,1-3H3. The van der Waals surface area contributed by atoms with Crippen LogP contribution in [0.1, 0.15) is 11.5 Å². The Morgan fingerprint density at radius 3 is 2.50 bits per heavy atom. The zero-order chi connectivity index (χ0) is 14.3. The van der Waals surface area contributed by atoms with Crippen LogP contribution in [0.25, 0.3) is 11.2 Å². The summed E-state index contributed by atoms with van der Waals surface area (Å²) in [6.45, 7) is 6.14. The highest BCUT2D eigenvalue weighted by Crippen LogP contribution is 2.20. The highest BCUT2D eigenvalue weighted by atomic mass is 35.5. The molecule has 3 heterocycles. The number of aromatic nitrogens is 4. The summed E-state index contributed by atoms with van der Waals surface area (Å²) in [5.41, 5.74) is 3.05. The molecule has 0 atom stereocenters. The molecule has 6 nitrogen and oxygen atoms in total. The van der Waals surface area contributed by atoms with Crippen molar-refractivity contribution in [3.8, 4) is 0 Å². The molecule has 1 saturated heterocycles. The number of hydrogen-bond donors (Lipinski definition) is 0. The smallest absolute Gasteiger partial charge is 0.177 e.